The average molecular weight is 328 g/mol. The predicted molar refractivity (Wildman–Crippen MR) is 87.9 cm³/mol. The fraction of sp³-hybridized carbons (Fsp3) is 0.125. The summed E-state index contributed by atoms with van der Waals surface area (Å²) in [5, 5.41) is 16.5. The molecule has 1 heterocycles. The van der Waals surface area contributed by atoms with Crippen LogP contribution in [0.3, 0.4) is 0 Å². The Kier molecular flexibility index (Phi) is 5.84. The van der Waals surface area contributed by atoms with Gasteiger partial charge >= 0.3 is 11.6 Å². The molecule has 0 bridgehead atoms. The zero-order chi connectivity index (χ0) is 17.4. The first-order valence-corrected chi connectivity index (χ1v) is 7.06. The van der Waals surface area contributed by atoms with Gasteiger partial charge in [-0.3, -0.25) is 19.9 Å². The van der Waals surface area contributed by atoms with Crippen molar-refractivity contribution in [3.8, 4) is 5.75 Å². The van der Waals surface area contributed by atoms with Gasteiger partial charge in [-0.05, 0) is 24.3 Å². The summed E-state index contributed by atoms with van der Waals surface area (Å²) in [7, 11) is 1.49. The summed E-state index contributed by atoms with van der Waals surface area (Å²) >= 11 is 0. The first-order valence-electron chi connectivity index (χ1n) is 7.06. The number of carbonyl (C=O) groups is 1. The van der Waals surface area contributed by atoms with Gasteiger partial charge in [0.25, 0.3) is 0 Å². The molecule has 1 aromatic carbocycles. The zero-order valence-corrected chi connectivity index (χ0v) is 12.9. The lowest BCUT2D eigenvalue weighted by molar-refractivity contribution is -0.420. The van der Waals surface area contributed by atoms with E-state index in [-0.39, 0.29) is 12.3 Å². The van der Waals surface area contributed by atoms with Crippen molar-refractivity contribution >= 4 is 11.6 Å². The van der Waals surface area contributed by atoms with Crippen LogP contribution in [0.25, 0.3) is 0 Å². The van der Waals surface area contributed by atoms with Gasteiger partial charge in [0.1, 0.15) is 18.1 Å². The minimum atomic E-state index is -0.828. The SMILES string of the molecule is CN/C(COc1cccnc1)=C(\C(=O)Nc1ccccc1)[N+](=O)[O-]. The Bertz CT molecular complexity index is 732. The molecule has 1 amide bonds. The Labute approximate surface area is 138 Å². The third-order valence-corrected chi connectivity index (χ3v) is 3.03. The summed E-state index contributed by atoms with van der Waals surface area (Å²) in [6, 6.07) is 11.8. The van der Waals surface area contributed by atoms with Crippen molar-refractivity contribution in [1.29, 1.82) is 0 Å². The molecule has 1 aromatic heterocycles. The number of rotatable bonds is 7. The minimum absolute atomic E-state index is 0.0530. The Morgan fingerprint density at radius 1 is 1.25 bits per heavy atom. The highest BCUT2D eigenvalue weighted by Crippen LogP contribution is 2.12. The maximum absolute atomic E-state index is 12.2. The second-order valence-corrected chi connectivity index (χ2v) is 4.63. The molecule has 0 aliphatic carbocycles. The summed E-state index contributed by atoms with van der Waals surface area (Å²) in [6.07, 6.45) is 3.06. The number of nitrogens with zero attached hydrogens (tertiary/aromatic N) is 2. The Hall–Kier alpha value is -3.42. The molecule has 24 heavy (non-hydrogen) atoms. The highest BCUT2D eigenvalue weighted by Gasteiger charge is 2.27. The molecule has 0 radical (unpaired) electrons. The second-order valence-electron chi connectivity index (χ2n) is 4.63. The van der Waals surface area contributed by atoms with Gasteiger partial charge in [0.05, 0.1) is 11.1 Å². The molecule has 0 atom stereocenters. The summed E-state index contributed by atoms with van der Waals surface area (Å²) in [4.78, 5) is 26.7. The molecule has 2 rings (SSSR count). The van der Waals surface area contributed by atoms with Crippen LogP contribution in [0.4, 0.5) is 5.69 Å². The van der Waals surface area contributed by atoms with Crippen molar-refractivity contribution in [2.75, 3.05) is 19.0 Å². The van der Waals surface area contributed by atoms with Crippen LogP contribution in [0.15, 0.2) is 66.3 Å². The number of carbonyl (C=O) groups excluding carboxylic acids is 1. The van der Waals surface area contributed by atoms with Gasteiger partial charge in [0.15, 0.2) is 0 Å². The van der Waals surface area contributed by atoms with Crippen LogP contribution in [0, 0.1) is 10.1 Å². The number of nitro groups is 1. The number of hydrogen-bond acceptors (Lipinski definition) is 6. The normalized spacial score (nSPS) is 11.2. The number of hydrogen-bond donors (Lipinski definition) is 2. The highest BCUT2D eigenvalue weighted by atomic mass is 16.6. The molecule has 0 fully saturated rings. The molecular weight excluding hydrogens is 312 g/mol. The van der Waals surface area contributed by atoms with Crippen molar-refractivity contribution in [2.24, 2.45) is 0 Å². The summed E-state index contributed by atoms with van der Waals surface area (Å²) in [6.45, 7) is -0.166. The van der Waals surface area contributed by atoms with Gasteiger partial charge in [-0.25, -0.2) is 0 Å². The van der Waals surface area contributed by atoms with Gasteiger partial charge in [0, 0.05) is 18.9 Å². The van der Waals surface area contributed by atoms with E-state index >= 15 is 0 Å². The molecule has 0 spiro atoms. The smallest absolute Gasteiger partial charge is 0.356 e. The molecular formula is C16H16N4O4. The number of ether oxygens (including phenoxy) is 1. The Morgan fingerprint density at radius 3 is 2.58 bits per heavy atom. The second kappa shape index (κ2) is 8.28. The maximum Gasteiger partial charge on any atom is 0.356 e. The first kappa shape index (κ1) is 16.9. The lowest BCUT2D eigenvalue weighted by atomic mass is 10.2. The molecule has 0 unspecified atom stereocenters. The van der Waals surface area contributed by atoms with Crippen molar-refractivity contribution in [3.05, 3.63) is 76.4 Å². The number of anilines is 1. The molecule has 0 saturated heterocycles. The van der Waals surface area contributed by atoms with Gasteiger partial charge in [-0.15, -0.1) is 0 Å². The number of benzene rings is 1. The largest absolute Gasteiger partial charge is 0.485 e. The summed E-state index contributed by atoms with van der Waals surface area (Å²) in [5.41, 5.74) is -0.0898. The van der Waals surface area contributed by atoms with Gasteiger partial charge in [-0.1, -0.05) is 18.2 Å². The molecule has 0 saturated carbocycles. The van der Waals surface area contributed by atoms with E-state index in [0.717, 1.165) is 0 Å². The third kappa shape index (κ3) is 4.54. The van der Waals surface area contributed by atoms with E-state index in [4.69, 9.17) is 4.74 Å². The van der Waals surface area contributed by atoms with Crippen LogP contribution in [0.5, 0.6) is 5.75 Å². The fourth-order valence-corrected chi connectivity index (χ4v) is 1.89. The van der Waals surface area contributed by atoms with E-state index in [9.17, 15) is 14.9 Å². The maximum atomic E-state index is 12.2. The van der Waals surface area contributed by atoms with Gasteiger partial charge in [-0.2, -0.15) is 0 Å². The molecule has 2 N–H and O–H groups in total. The standard InChI is InChI=1S/C16H16N4O4/c1-17-14(11-24-13-8-5-9-18-10-13)15(20(22)23)16(21)19-12-6-3-2-4-7-12/h2-10,17H,11H2,1H3,(H,19,21)/b15-14+. The van der Waals surface area contributed by atoms with E-state index in [1.165, 1.54) is 13.2 Å². The van der Waals surface area contributed by atoms with E-state index in [1.54, 1.807) is 48.7 Å². The predicted octanol–water partition coefficient (Wildman–Crippen LogP) is 1.81. The first-order chi connectivity index (χ1) is 11.6. The van der Waals surface area contributed by atoms with E-state index in [2.05, 4.69) is 15.6 Å². The molecule has 124 valence electrons. The number of nitrogens with one attached hydrogen (secondary N) is 2. The Balaban J connectivity index is 2.19. The van der Waals surface area contributed by atoms with Crippen molar-refractivity contribution in [1.82, 2.24) is 10.3 Å². The summed E-state index contributed by atoms with van der Waals surface area (Å²) in [5.74, 6) is -0.387. The van der Waals surface area contributed by atoms with Crippen molar-refractivity contribution in [3.63, 3.8) is 0 Å². The van der Waals surface area contributed by atoms with Crippen LogP contribution in [-0.4, -0.2) is 29.5 Å². The Morgan fingerprint density at radius 2 is 2.00 bits per heavy atom. The zero-order valence-electron chi connectivity index (χ0n) is 12.9. The van der Waals surface area contributed by atoms with Crippen molar-refractivity contribution < 1.29 is 14.5 Å². The molecule has 8 heteroatoms. The number of pyridine rings is 1. The van der Waals surface area contributed by atoms with Crippen LogP contribution < -0.4 is 15.4 Å². The monoisotopic (exact) mass is 328 g/mol. The lowest BCUT2D eigenvalue weighted by Gasteiger charge is -2.10. The number of amides is 1. The number of aromatic nitrogens is 1. The number of para-hydroxylation sites is 1. The minimum Gasteiger partial charge on any atom is -0.485 e. The van der Waals surface area contributed by atoms with Crippen LogP contribution in [0.1, 0.15) is 0 Å². The van der Waals surface area contributed by atoms with E-state index in [0.29, 0.717) is 11.4 Å². The van der Waals surface area contributed by atoms with Gasteiger partial charge in [0.2, 0.25) is 0 Å². The van der Waals surface area contributed by atoms with Crippen LogP contribution in [0.2, 0.25) is 0 Å². The van der Waals surface area contributed by atoms with E-state index < -0.39 is 16.5 Å². The average Bonchev–Trinajstić information content (AvgIpc) is 2.59. The number of likely N-dealkylation sites (N-methyl/N-ethyl adjacent to an activating group) is 1. The molecule has 2 aromatic rings. The quantitative estimate of drug-likeness (QED) is 0.456. The molecule has 8 nitrogen and oxygen atoms in total. The van der Waals surface area contributed by atoms with Gasteiger partial charge < -0.3 is 15.4 Å². The van der Waals surface area contributed by atoms with Crippen LogP contribution >= 0.6 is 0 Å². The fourth-order valence-electron chi connectivity index (χ4n) is 1.89. The topological polar surface area (TPSA) is 106 Å². The highest BCUT2D eigenvalue weighted by molar-refractivity contribution is 6.02. The molecule has 0 aliphatic rings. The summed E-state index contributed by atoms with van der Waals surface area (Å²) < 4.78 is 5.42. The lowest BCUT2D eigenvalue weighted by Crippen LogP contribution is -2.28. The van der Waals surface area contributed by atoms with Crippen LogP contribution in [-0.2, 0) is 4.79 Å². The molecule has 0 aliphatic heterocycles. The third-order valence-electron chi connectivity index (χ3n) is 3.03. The van der Waals surface area contributed by atoms with Crippen molar-refractivity contribution in [2.45, 2.75) is 0 Å². The van der Waals surface area contributed by atoms with E-state index in [1.807, 2.05) is 0 Å².